The number of carboxylic acid groups (broad SMARTS) is 2. The molecule has 1 saturated heterocycles. The van der Waals surface area contributed by atoms with Crippen molar-refractivity contribution in [2.45, 2.75) is 0 Å². The first kappa shape index (κ1) is 30.7. The van der Waals surface area contributed by atoms with Gasteiger partial charge in [-0.25, -0.2) is 9.59 Å². The fourth-order valence-electron chi connectivity index (χ4n) is 4.00. The van der Waals surface area contributed by atoms with E-state index in [-0.39, 0.29) is 22.8 Å². The summed E-state index contributed by atoms with van der Waals surface area (Å²) in [5.74, 6) is -1.85. The summed E-state index contributed by atoms with van der Waals surface area (Å²) in [5.41, 5.74) is 1.20. The number of ketones is 1. The zero-order chi connectivity index (χ0) is 29.8. The molecule has 12 heteroatoms. The minimum atomic E-state index is -1.26. The van der Waals surface area contributed by atoms with Crippen LogP contribution in [0.5, 0.6) is 23.0 Å². The van der Waals surface area contributed by atoms with E-state index < -0.39 is 11.9 Å². The number of nitrogens with zero attached hydrogens (tertiary/aromatic N) is 1. The predicted molar refractivity (Wildman–Crippen MR) is 148 cm³/mol. The number of methoxy groups -OCH3 is 2. The molecule has 12 nitrogen and oxygen atoms in total. The lowest BCUT2D eigenvalue weighted by atomic mass is 10.0. The minimum absolute atomic E-state index is 0.0818. The van der Waals surface area contributed by atoms with Crippen LogP contribution in [0.4, 0.5) is 0 Å². The largest absolute Gasteiger partial charge is 0.507 e. The van der Waals surface area contributed by atoms with Crippen LogP contribution in [-0.4, -0.2) is 91.6 Å². The average Bonchev–Trinajstić information content (AvgIpc) is 3.45. The van der Waals surface area contributed by atoms with Crippen LogP contribution in [0, 0.1) is 0 Å². The first-order chi connectivity index (χ1) is 19.8. The van der Waals surface area contributed by atoms with Crippen LogP contribution in [0.25, 0.3) is 17.0 Å². The lowest BCUT2D eigenvalue weighted by Gasteiger charge is -2.26. The molecule has 4 rings (SSSR count). The van der Waals surface area contributed by atoms with Gasteiger partial charge in [0.15, 0.2) is 17.1 Å². The van der Waals surface area contributed by atoms with Crippen molar-refractivity contribution in [2.24, 2.45) is 0 Å². The Hall–Kier alpha value is -4.81. The Balaban J connectivity index is 0.000000507. The fraction of sp³-hybridized carbons (Fsp3) is 0.276. The number of hydrogen-bond acceptors (Lipinski definition) is 10. The second-order valence-corrected chi connectivity index (χ2v) is 8.50. The number of allylic oxidation sites excluding steroid dienone is 1. The predicted octanol–water partition coefficient (Wildman–Crippen LogP) is 3.47. The van der Waals surface area contributed by atoms with Crippen LogP contribution in [0.3, 0.4) is 0 Å². The number of aromatic hydroxyl groups is 1. The van der Waals surface area contributed by atoms with Gasteiger partial charge in [0.25, 0.3) is 0 Å². The molecule has 1 aliphatic heterocycles. The lowest BCUT2D eigenvalue weighted by molar-refractivity contribution is -0.134. The maximum Gasteiger partial charge on any atom is 0.328 e. The topological polar surface area (TPSA) is 165 Å². The monoisotopic (exact) mass is 569 g/mol. The molecule has 41 heavy (non-hydrogen) atoms. The summed E-state index contributed by atoms with van der Waals surface area (Å²) < 4.78 is 28.4. The van der Waals surface area contributed by atoms with Gasteiger partial charge in [-0.3, -0.25) is 9.69 Å². The van der Waals surface area contributed by atoms with Gasteiger partial charge in [-0.2, -0.15) is 0 Å². The van der Waals surface area contributed by atoms with E-state index in [0.29, 0.717) is 66.5 Å². The highest BCUT2D eigenvalue weighted by molar-refractivity contribution is 6.15. The molecule has 2 aromatic carbocycles. The molecule has 1 aromatic heterocycles. The highest BCUT2D eigenvalue weighted by Gasteiger charge is 2.28. The second-order valence-electron chi connectivity index (χ2n) is 8.50. The van der Waals surface area contributed by atoms with Crippen LogP contribution >= 0.6 is 0 Å². The molecule has 0 spiro atoms. The summed E-state index contributed by atoms with van der Waals surface area (Å²) in [6.45, 7) is 4.06. The zero-order valence-corrected chi connectivity index (χ0v) is 22.6. The third-order valence-electron chi connectivity index (χ3n) is 5.91. The Morgan fingerprint density at radius 1 is 0.927 bits per heavy atom. The van der Waals surface area contributed by atoms with Crippen LogP contribution in [0.15, 0.2) is 59.2 Å². The summed E-state index contributed by atoms with van der Waals surface area (Å²) in [6, 6.07) is 8.50. The number of phenolic OH excluding ortho intramolecular Hbond substituents is 1. The molecule has 0 aliphatic carbocycles. The number of hydrogen-bond donors (Lipinski definition) is 3. The molecule has 0 atom stereocenters. The van der Waals surface area contributed by atoms with E-state index in [9.17, 15) is 19.5 Å². The number of furan rings is 1. The SMILES string of the molecule is COc1c(C(=O)/C=C/c2ccccc2O)c(OCCN2CCOCC2)c(OC)c2occc12.O=C(O)/C=C\C(=O)O. The summed E-state index contributed by atoms with van der Waals surface area (Å²) in [7, 11) is 3.00. The highest BCUT2D eigenvalue weighted by atomic mass is 16.5. The van der Waals surface area contributed by atoms with Gasteiger partial charge in [0.1, 0.15) is 23.7 Å². The number of rotatable bonds is 11. The number of ether oxygens (including phenoxy) is 4. The number of para-hydroxylation sites is 1. The number of benzene rings is 2. The van der Waals surface area contributed by atoms with Crippen molar-refractivity contribution in [1.82, 2.24) is 4.90 Å². The molecule has 3 aromatic rings. The van der Waals surface area contributed by atoms with E-state index in [1.54, 1.807) is 36.4 Å². The van der Waals surface area contributed by atoms with Gasteiger partial charge in [-0.05, 0) is 24.3 Å². The van der Waals surface area contributed by atoms with Crippen LogP contribution in [0.1, 0.15) is 15.9 Å². The molecule has 0 bridgehead atoms. The van der Waals surface area contributed by atoms with E-state index in [4.69, 9.17) is 33.6 Å². The fourth-order valence-corrected chi connectivity index (χ4v) is 4.00. The van der Waals surface area contributed by atoms with E-state index >= 15 is 0 Å². The van der Waals surface area contributed by atoms with Crippen molar-refractivity contribution in [1.29, 1.82) is 0 Å². The van der Waals surface area contributed by atoms with Crippen molar-refractivity contribution in [2.75, 3.05) is 53.7 Å². The van der Waals surface area contributed by atoms with Crippen molar-refractivity contribution >= 4 is 34.8 Å². The summed E-state index contributed by atoms with van der Waals surface area (Å²) in [4.78, 5) is 34.7. The Morgan fingerprint density at radius 3 is 2.20 bits per heavy atom. The molecule has 218 valence electrons. The number of carbonyl (C=O) groups is 3. The molecular formula is C29H31NO11. The second kappa shape index (κ2) is 15.1. The zero-order valence-electron chi connectivity index (χ0n) is 22.6. The third kappa shape index (κ3) is 8.34. The van der Waals surface area contributed by atoms with Gasteiger partial charge in [-0.1, -0.05) is 18.2 Å². The van der Waals surface area contributed by atoms with Gasteiger partial charge >= 0.3 is 11.9 Å². The van der Waals surface area contributed by atoms with Gasteiger partial charge in [0.05, 0.1) is 39.1 Å². The normalized spacial score (nSPS) is 13.6. The molecule has 3 N–H and O–H groups in total. The van der Waals surface area contributed by atoms with Gasteiger partial charge < -0.3 is 38.7 Å². The maximum atomic E-state index is 13.4. The Labute approximate surface area is 235 Å². The summed E-state index contributed by atoms with van der Waals surface area (Å²) in [5, 5.41) is 26.3. The Bertz CT molecular complexity index is 1400. The maximum absolute atomic E-state index is 13.4. The van der Waals surface area contributed by atoms with Crippen molar-refractivity contribution in [3.05, 3.63) is 65.9 Å². The van der Waals surface area contributed by atoms with Crippen LogP contribution in [-0.2, 0) is 14.3 Å². The van der Waals surface area contributed by atoms with E-state index in [1.165, 1.54) is 26.6 Å². The molecule has 2 heterocycles. The Morgan fingerprint density at radius 2 is 1.59 bits per heavy atom. The number of fused-ring (bicyclic) bond motifs is 1. The number of carboxylic acids is 2. The standard InChI is InChI=1S/C25H27NO7.C4H4O4/c1-29-22-18-9-13-32-23(18)25(30-2)24(33-16-12-26-10-14-31-15-11-26)21(22)20(28)8-7-17-5-3-4-6-19(17)27;5-3(6)1-2-4(7)8/h3-9,13,27H,10-12,14-16H2,1-2H3;1-2H,(H,5,6)(H,7,8)/b8-7+;2-1-. The number of aliphatic carboxylic acids is 2. The van der Waals surface area contributed by atoms with Crippen molar-refractivity contribution in [3.8, 4) is 23.0 Å². The van der Waals surface area contributed by atoms with Gasteiger partial charge in [0.2, 0.25) is 5.75 Å². The molecule has 0 saturated carbocycles. The number of phenols is 1. The first-order valence-corrected chi connectivity index (χ1v) is 12.5. The molecule has 1 aliphatic rings. The minimum Gasteiger partial charge on any atom is -0.507 e. The first-order valence-electron chi connectivity index (χ1n) is 12.5. The summed E-state index contributed by atoms with van der Waals surface area (Å²) >= 11 is 0. The van der Waals surface area contributed by atoms with E-state index in [1.807, 2.05) is 0 Å². The Kier molecular flexibility index (Phi) is 11.3. The van der Waals surface area contributed by atoms with Crippen LogP contribution in [0.2, 0.25) is 0 Å². The van der Waals surface area contributed by atoms with E-state index in [2.05, 4.69) is 4.90 Å². The molecule has 1 fully saturated rings. The molecule has 0 radical (unpaired) electrons. The third-order valence-corrected chi connectivity index (χ3v) is 5.91. The van der Waals surface area contributed by atoms with Gasteiger partial charge in [-0.15, -0.1) is 0 Å². The van der Waals surface area contributed by atoms with Crippen molar-refractivity contribution in [3.63, 3.8) is 0 Å². The number of carbonyl (C=O) groups excluding carboxylic acids is 1. The van der Waals surface area contributed by atoms with Gasteiger partial charge in [0, 0.05) is 37.3 Å². The quantitative estimate of drug-likeness (QED) is 0.228. The lowest BCUT2D eigenvalue weighted by Crippen LogP contribution is -2.38. The number of morpholine rings is 1. The molecule has 0 amide bonds. The average molecular weight is 570 g/mol. The summed E-state index contributed by atoms with van der Waals surface area (Å²) in [6.07, 6.45) is 5.57. The molecule has 0 unspecified atom stereocenters. The molecular weight excluding hydrogens is 538 g/mol. The highest BCUT2D eigenvalue weighted by Crippen LogP contribution is 2.46. The van der Waals surface area contributed by atoms with Crippen molar-refractivity contribution < 1.29 is 53.1 Å². The van der Waals surface area contributed by atoms with E-state index in [0.717, 1.165) is 13.1 Å². The smallest absolute Gasteiger partial charge is 0.328 e. The van der Waals surface area contributed by atoms with Crippen LogP contribution < -0.4 is 14.2 Å².